The van der Waals surface area contributed by atoms with Crippen LogP contribution in [0.4, 0.5) is 17.1 Å². The van der Waals surface area contributed by atoms with E-state index in [1.807, 2.05) is 18.2 Å². The van der Waals surface area contributed by atoms with Crippen LogP contribution in [0.25, 0.3) is 0 Å². The zero-order valence-electron chi connectivity index (χ0n) is 17.1. The zero-order chi connectivity index (χ0) is 22.2. The first-order chi connectivity index (χ1) is 14.8. The lowest BCUT2D eigenvalue weighted by atomic mass is 9.89. The molecule has 2 aromatic rings. The minimum atomic E-state index is -0.866. The number of non-ortho nitro benzene ring substituents is 1. The fraction of sp³-hybridized carbons (Fsp3) is 0.364. The Balaban J connectivity index is 1.59. The number of hydrogen-bond donors (Lipinski definition) is 1. The maximum atomic E-state index is 13.5. The molecule has 0 aromatic heterocycles. The molecule has 1 aliphatic carbocycles. The number of fused-ring (bicyclic) bond motifs is 1. The summed E-state index contributed by atoms with van der Waals surface area (Å²) in [6, 6.07) is 11.6. The van der Waals surface area contributed by atoms with E-state index in [0.717, 1.165) is 12.8 Å². The number of nitrogens with one attached hydrogen (secondary N) is 1. The van der Waals surface area contributed by atoms with Crippen LogP contribution in [0.1, 0.15) is 31.2 Å². The predicted molar refractivity (Wildman–Crippen MR) is 118 cm³/mol. The smallest absolute Gasteiger partial charge is 0.269 e. The highest BCUT2D eigenvalue weighted by Gasteiger charge is 2.52. The van der Waals surface area contributed by atoms with E-state index in [1.54, 1.807) is 22.9 Å². The molecule has 0 radical (unpaired) electrons. The number of nitro benzene ring substituents is 1. The van der Waals surface area contributed by atoms with Crippen LogP contribution in [0.2, 0.25) is 5.02 Å². The summed E-state index contributed by atoms with van der Waals surface area (Å²) in [6.07, 6.45) is 3.02. The second-order valence-electron chi connectivity index (χ2n) is 8.14. The number of nitrogens with zero attached hydrogens (tertiary/aromatic N) is 3. The summed E-state index contributed by atoms with van der Waals surface area (Å²) in [5.74, 6) is -0.324. The largest absolute Gasteiger partial charge is 0.322 e. The monoisotopic (exact) mass is 442 g/mol. The first-order valence-electron chi connectivity index (χ1n) is 10.2. The van der Waals surface area contributed by atoms with Crippen LogP contribution in [-0.4, -0.2) is 40.8 Å². The number of likely N-dealkylation sites (N-methyl/N-ethyl adjacent to an activating group) is 1. The third kappa shape index (κ3) is 3.88. The number of halogens is 1. The van der Waals surface area contributed by atoms with Crippen molar-refractivity contribution in [3.8, 4) is 0 Å². The summed E-state index contributed by atoms with van der Waals surface area (Å²) in [5.41, 5.74) is 0.984. The third-order valence-electron chi connectivity index (χ3n) is 6.01. The van der Waals surface area contributed by atoms with Gasteiger partial charge in [0.1, 0.15) is 5.54 Å². The Bertz CT molecular complexity index is 1050. The van der Waals surface area contributed by atoms with E-state index in [-0.39, 0.29) is 30.6 Å². The molecular weight excluding hydrogens is 420 g/mol. The van der Waals surface area contributed by atoms with Crippen molar-refractivity contribution in [3.63, 3.8) is 0 Å². The number of carbonyl (C=O) groups is 2. The molecule has 1 spiro atoms. The van der Waals surface area contributed by atoms with Crippen molar-refractivity contribution in [1.82, 2.24) is 4.90 Å². The quantitative estimate of drug-likeness (QED) is 0.558. The van der Waals surface area contributed by atoms with Gasteiger partial charge in [-0.25, -0.2) is 0 Å². The number of carbonyl (C=O) groups excluding carboxylic acids is 2. The van der Waals surface area contributed by atoms with E-state index in [2.05, 4.69) is 5.32 Å². The average Bonchev–Trinajstić information content (AvgIpc) is 3.20. The SMILES string of the molecule is CN(CC(=O)N1c2ccccc2NC(=O)C12CCCC2)Cc1cc([N+](=O)[O-])ccc1Cl. The van der Waals surface area contributed by atoms with Crippen molar-refractivity contribution in [2.45, 2.75) is 37.8 Å². The number of para-hydroxylation sites is 2. The van der Waals surface area contributed by atoms with Crippen LogP contribution < -0.4 is 10.2 Å². The lowest BCUT2D eigenvalue weighted by molar-refractivity contribution is -0.384. The van der Waals surface area contributed by atoms with Gasteiger partial charge in [0.05, 0.1) is 22.8 Å². The fourth-order valence-corrected chi connectivity index (χ4v) is 4.75. The number of benzene rings is 2. The summed E-state index contributed by atoms with van der Waals surface area (Å²) >= 11 is 6.22. The number of amides is 2. The lowest BCUT2D eigenvalue weighted by Gasteiger charge is -2.44. The number of hydrogen-bond acceptors (Lipinski definition) is 5. The molecule has 2 aliphatic rings. The van der Waals surface area contributed by atoms with Gasteiger partial charge in [-0.15, -0.1) is 0 Å². The first-order valence-corrected chi connectivity index (χ1v) is 10.5. The molecule has 8 nitrogen and oxygen atoms in total. The molecule has 31 heavy (non-hydrogen) atoms. The van der Waals surface area contributed by atoms with E-state index >= 15 is 0 Å². The molecule has 0 bridgehead atoms. The summed E-state index contributed by atoms with van der Waals surface area (Å²) in [5, 5.41) is 14.4. The lowest BCUT2D eigenvalue weighted by Crippen LogP contribution is -2.62. The Morgan fingerprint density at radius 1 is 1.26 bits per heavy atom. The molecular formula is C22H23ClN4O4. The molecule has 4 rings (SSSR count). The molecule has 1 fully saturated rings. The second-order valence-corrected chi connectivity index (χ2v) is 8.55. The van der Waals surface area contributed by atoms with Crippen molar-refractivity contribution >= 4 is 40.5 Å². The van der Waals surface area contributed by atoms with Crippen molar-refractivity contribution in [2.75, 3.05) is 23.8 Å². The fourth-order valence-electron chi connectivity index (χ4n) is 4.57. The molecule has 1 N–H and O–H groups in total. The van der Waals surface area contributed by atoms with Crippen molar-refractivity contribution in [2.24, 2.45) is 0 Å². The molecule has 0 atom stereocenters. The topological polar surface area (TPSA) is 95.8 Å². The summed E-state index contributed by atoms with van der Waals surface area (Å²) in [4.78, 5) is 40.5. The standard InChI is InChI=1S/C22H23ClN4O4/c1-25(13-15-12-16(27(30)31)8-9-17(15)23)14-20(28)26-19-7-3-2-6-18(19)24-21(29)22(26)10-4-5-11-22/h2-3,6-9,12H,4-5,10-11,13-14H2,1H3,(H,24,29). The minimum absolute atomic E-state index is 0.0440. The van der Waals surface area contributed by atoms with Crippen LogP contribution in [0, 0.1) is 10.1 Å². The van der Waals surface area contributed by atoms with Crippen molar-refractivity contribution in [3.05, 3.63) is 63.2 Å². The Kier molecular flexibility index (Phi) is 5.68. The zero-order valence-corrected chi connectivity index (χ0v) is 17.9. The van der Waals surface area contributed by atoms with Gasteiger partial charge >= 0.3 is 0 Å². The molecule has 9 heteroatoms. The Morgan fingerprint density at radius 2 is 1.97 bits per heavy atom. The van der Waals surface area contributed by atoms with Gasteiger partial charge < -0.3 is 5.32 Å². The maximum absolute atomic E-state index is 13.5. The number of anilines is 2. The maximum Gasteiger partial charge on any atom is 0.269 e. The molecule has 0 unspecified atom stereocenters. The molecule has 2 aromatic carbocycles. The third-order valence-corrected chi connectivity index (χ3v) is 6.38. The molecule has 1 heterocycles. The average molecular weight is 443 g/mol. The highest BCUT2D eigenvalue weighted by Crippen LogP contribution is 2.45. The van der Waals surface area contributed by atoms with E-state index in [1.165, 1.54) is 18.2 Å². The van der Waals surface area contributed by atoms with Gasteiger partial charge in [-0.05, 0) is 43.7 Å². The van der Waals surface area contributed by atoms with Crippen molar-refractivity contribution in [1.29, 1.82) is 0 Å². The molecule has 1 aliphatic heterocycles. The van der Waals surface area contributed by atoms with Crippen LogP contribution in [0.3, 0.4) is 0 Å². The van der Waals surface area contributed by atoms with E-state index in [0.29, 0.717) is 34.8 Å². The summed E-state index contributed by atoms with van der Waals surface area (Å²) in [7, 11) is 1.75. The van der Waals surface area contributed by atoms with Gasteiger partial charge in [-0.3, -0.25) is 29.5 Å². The van der Waals surface area contributed by atoms with Crippen LogP contribution in [0.15, 0.2) is 42.5 Å². The summed E-state index contributed by atoms with van der Waals surface area (Å²) < 4.78 is 0. The van der Waals surface area contributed by atoms with Crippen molar-refractivity contribution < 1.29 is 14.5 Å². The van der Waals surface area contributed by atoms with Gasteiger partial charge in [0, 0.05) is 23.7 Å². The van der Waals surface area contributed by atoms with E-state index in [4.69, 9.17) is 11.6 Å². The molecule has 2 amide bonds. The number of nitro groups is 1. The number of rotatable bonds is 5. The van der Waals surface area contributed by atoms with Crippen LogP contribution in [-0.2, 0) is 16.1 Å². The second kappa shape index (κ2) is 8.28. The predicted octanol–water partition coefficient (Wildman–Crippen LogP) is 3.98. The molecule has 162 valence electrons. The highest BCUT2D eigenvalue weighted by atomic mass is 35.5. The van der Waals surface area contributed by atoms with Crippen LogP contribution >= 0.6 is 11.6 Å². The highest BCUT2D eigenvalue weighted by molar-refractivity contribution is 6.31. The van der Waals surface area contributed by atoms with Gasteiger partial charge in [-0.2, -0.15) is 0 Å². The van der Waals surface area contributed by atoms with Gasteiger partial charge in [0.2, 0.25) is 5.91 Å². The van der Waals surface area contributed by atoms with Gasteiger partial charge in [-0.1, -0.05) is 36.6 Å². The van der Waals surface area contributed by atoms with E-state index in [9.17, 15) is 19.7 Å². The summed E-state index contributed by atoms with van der Waals surface area (Å²) in [6.45, 7) is 0.309. The van der Waals surface area contributed by atoms with Crippen LogP contribution in [0.5, 0.6) is 0 Å². The Labute approximate surface area is 184 Å². The van der Waals surface area contributed by atoms with E-state index < -0.39 is 10.5 Å². The van der Waals surface area contributed by atoms with Gasteiger partial charge in [0.25, 0.3) is 11.6 Å². The van der Waals surface area contributed by atoms with Gasteiger partial charge in [0.15, 0.2) is 0 Å². The first kappa shape index (κ1) is 21.3. The normalized spacial score (nSPS) is 17.0. The Hall–Kier alpha value is -2.97. The molecule has 0 saturated heterocycles. The Morgan fingerprint density at radius 3 is 2.68 bits per heavy atom. The minimum Gasteiger partial charge on any atom is -0.322 e. The molecule has 1 saturated carbocycles.